The van der Waals surface area contributed by atoms with E-state index in [0.717, 1.165) is 13.1 Å². The number of hydrogen-bond acceptors (Lipinski definition) is 1. The zero-order valence-electron chi connectivity index (χ0n) is 5.90. The van der Waals surface area contributed by atoms with Gasteiger partial charge in [0.25, 0.3) is 0 Å². The maximum atomic E-state index is 7.34. The summed E-state index contributed by atoms with van der Waals surface area (Å²) in [4.78, 5) is 0. The van der Waals surface area contributed by atoms with Crippen molar-refractivity contribution in [1.82, 2.24) is 10.9 Å². The van der Waals surface area contributed by atoms with Crippen molar-refractivity contribution in [3.63, 3.8) is 0 Å². The van der Waals surface area contributed by atoms with Gasteiger partial charge in [0.1, 0.15) is 0 Å². The first-order valence-electron chi connectivity index (χ1n) is 3.86. The van der Waals surface area contributed by atoms with Crippen LogP contribution in [0.25, 0.3) is 0 Å². The first-order valence-corrected chi connectivity index (χ1v) is 3.86. The second kappa shape index (κ2) is 3.85. The van der Waals surface area contributed by atoms with Crippen molar-refractivity contribution in [3.05, 3.63) is 0 Å². The van der Waals surface area contributed by atoms with Crippen molar-refractivity contribution in [3.8, 4) is 0 Å². The Morgan fingerprint density at radius 3 is 1.78 bits per heavy atom. The molecule has 1 N–H and O–H groups in total. The fourth-order valence-corrected chi connectivity index (χ4v) is 1.25. The summed E-state index contributed by atoms with van der Waals surface area (Å²) in [6, 6.07) is 0. The van der Waals surface area contributed by atoms with Crippen LogP contribution in [0.4, 0.5) is 0 Å². The molecule has 1 radical (unpaired) electrons. The summed E-state index contributed by atoms with van der Waals surface area (Å²) in [5, 5.41) is 1.69. The lowest BCUT2D eigenvalue weighted by molar-refractivity contribution is 0.240. The maximum Gasteiger partial charge on any atom is 0.0144 e. The van der Waals surface area contributed by atoms with Crippen LogP contribution >= 0.6 is 0 Å². The van der Waals surface area contributed by atoms with Gasteiger partial charge >= 0.3 is 0 Å². The topological polar surface area (TPSA) is 27.0 Å². The van der Waals surface area contributed by atoms with Crippen LogP contribution in [-0.4, -0.2) is 18.1 Å². The van der Waals surface area contributed by atoms with Gasteiger partial charge in [0, 0.05) is 13.1 Å². The third-order valence-corrected chi connectivity index (χ3v) is 1.86. The third kappa shape index (κ3) is 2.82. The van der Waals surface area contributed by atoms with E-state index in [1.807, 2.05) is 0 Å². The predicted molar refractivity (Wildman–Crippen MR) is 37.8 cm³/mol. The molecular formula is C7H15N2. The third-order valence-electron chi connectivity index (χ3n) is 1.86. The molecule has 0 saturated carbocycles. The Morgan fingerprint density at radius 2 is 1.22 bits per heavy atom. The Kier molecular flexibility index (Phi) is 3.01. The van der Waals surface area contributed by atoms with Crippen molar-refractivity contribution in [1.29, 1.82) is 0 Å². The summed E-state index contributed by atoms with van der Waals surface area (Å²) in [7, 11) is 0. The van der Waals surface area contributed by atoms with E-state index in [9.17, 15) is 0 Å². The van der Waals surface area contributed by atoms with Gasteiger partial charge in [-0.25, -0.2) is 5.01 Å². The summed E-state index contributed by atoms with van der Waals surface area (Å²) in [5.74, 6) is 7.34. The lowest BCUT2D eigenvalue weighted by Gasteiger charge is -2.17. The molecule has 1 aliphatic heterocycles. The molecule has 1 fully saturated rings. The van der Waals surface area contributed by atoms with Crippen LogP contribution < -0.4 is 5.84 Å². The van der Waals surface area contributed by atoms with Crippen LogP contribution in [0, 0.1) is 0 Å². The molecule has 2 nitrogen and oxygen atoms in total. The normalized spacial score (nSPS) is 25.0. The van der Waals surface area contributed by atoms with Crippen molar-refractivity contribution in [2.75, 3.05) is 13.1 Å². The van der Waals surface area contributed by atoms with Crippen molar-refractivity contribution in [2.45, 2.75) is 32.1 Å². The highest BCUT2D eigenvalue weighted by atomic mass is 15.4. The average molecular weight is 127 g/mol. The molecule has 0 bridgehead atoms. The van der Waals surface area contributed by atoms with Crippen LogP contribution in [0.3, 0.4) is 0 Å². The Balaban J connectivity index is 2.12. The lowest BCUT2D eigenvalue weighted by Crippen LogP contribution is -2.24. The molecule has 0 aromatic heterocycles. The van der Waals surface area contributed by atoms with Crippen LogP contribution in [0.5, 0.6) is 0 Å². The molecule has 0 aromatic rings. The molecule has 0 amide bonds. The van der Waals surface area contributed by atoms with E-state index in [4.69, 9.17) is 5.84 Å². The predicted octanol–water partition coefficient (Wildman–Crippen LogP) is 1.45. The Morgan fingerprint density at radius 1 is 0.778 bits per heavy atom. The highest BCUT2D eigenvalue weighted by Gasteiger charge is 2.02. The first kappa shape index (κ1) is 7.03. The molecule has 2 heteroatoms. The molecule has 0 spiro atoms. The molecule has 0 aliphatic carbocycles. The van der Waals surface area contributed by atoms with Gasteiger partial charge in [0.05, 0.1) is 0 Å². The molecule has 0 atom stereocenters. The van der Waals surface area contributed by atoms with Gasteiger partial charge in [-0.05, 0) is 12.8 Å². The standard InChI is InChI=1S/C7H15N2/c8-9-6-4-2-1-3-5-7-9/h8H,1-7H2. The zero-order chi connectivity index (χ0) is 6.53. The van der Waals surface area contributed by atoms with Crippen molar-refractivity contribution < 1.29 is 0 Å². The minimum absolute atomic E-state index is 0.986. The van der Waals surface area contributed by atoms with E-state index in [1.54, 1.807) is 5.01 Å². The number of hydrogen-bond donors (Lipinski definition) is 0. The van der Waals surface area contributed by atoms with Crippen LogP contribution in [-0.2, 0) is 0 Å². The Bertz CT molecular complexity index is 65.3. The summed E-state index contributed by atoms with van der Waals surface area (Å²) < 4.78 is 0. The van der Waals surface area contributed by atoms with E-state index in [-0.39, 0.29) is 0 Å². The fourth-order valence-electron chi connectivity index (χ4n) is 1.25. The first-order chi connectivity index (χ1) is 4.39. The maximum absolute atomic E-state index is 7.34. The second-order valence-corrected chi connectivity index (χ2v) is 2.75. The molecule has 9 heavy (non-hydrogen) atoms. The Labute approximate surface area is 57.0 Å². The zero-order valence-corrected chi connectivity index (χ0v) is 5.90. The monoisotopic (exact) mass is 127 g/mol. The molecule has 0 aromatic carbocycles. The van der Waals surface area contributed by atoms with Crippen LogP contribution in [0.2, 0.25) is 0 Å². The largest absolute Gasteiger partial charge is 0.230 e. The van der Waals surface area contributed by atoms with Crippen LogP contribution in [0.1, 0.15) is 32.1 Å². The minimum Gasteiger partial charge on any atom is -0.230 e. The Hall–Kier alpha value is -0.0800. The van der Waals surface area contributed by atoms with Gasteiger partial charge in [-0.1, -0.05) is 19.3 Å². The SMILES string of the molecule is [NH]N1CCCCCCC1. The summed E-state index contributed by atoms with van der Waals surface area (Å²) in [6.07, 6.45) is 6.49. The molecular weight excluding hydrogens is 112 g/mol. The fraction of sp³-hybridized carbons (Fsp3) is 1.00. The smallest absolute Gasteiger partial charge is 0.0144 e. The highest BCUT2D eigenvalue weighted by Crippen LogP contribution is 2.07. The van der Waals surface area contributed by atoms with Gasteiger partial charge in [-0.3, -0.25) is 0 Å². The molecule has 0 unspecified atom stereocenters. The van der Waals surface area contributed by atoms with Gasteiger partial charge in [0.2, 0.25) is 0 Å². The summed E-state index contributed by atoms with van der Waals surface area (Å²) >= 11 is 0. The summed E-state index contributed by atoms with van der Waals surface area (Å²) in [6.45, 7) is 1.97. The van der Waals surface area contributed by atoms with Gasteiger partial charge in [-0.2, -0.15) is 5.84 Å². The minimum atomic E-state index is 0.986. The number of rotatable bonds is 0. The lowest BCUT2D eigenvalue weighted by atomic mass is 10.1. The number of nitrogens with one attached hydrogen (secondary N) is 1. The quantitative estimate of drug-likeness (QED) is 0.484. The average Bonchev–Trinajstić information content (AvgIpc) is 1.79. The van der Waals surface area contributed by atoms with Crippen LogP contribution in [0.15, 0.2) is 0 Å². The van der Waals surface area contributed by atoms with E-state index >= 15 is 0 Å². The molecule has 53 valence electrons. The van der Waals surface area contributed by atoms with E-state index in [1.165, 1.54) is 32.1 Å². The van der Waals surface area contributed by atoms with Gasteiger partial charge in [-0.15, -0.1) is 0 Å². The molecule has 1 saturated heterocycles. The van der Waals surface area contributed by atoms with Gasteiger partial charge in [0.15, 0.2) is 0 Å². The molecule has 1 aliphatic rings. The summed E-state index contributed by atoms with van der Waals surface area (Å²) in [5.41, 5.74) is 0. The highest BCUT2D eigenvalue weighted by molar-refractivity contribution is 4.55. The van der Waals surface area contributed by atoms with E-state index in [2.05, 4.69) is 0 Å². The van der Waals surface area contributed by atoms with E-state index < -0.39 is 0 Å². The van der Waals surface area contributed by atoms with Crippen molar-refractivity contribution in [2.24, 2.45) is 0 Å². The number of nitrogens with zero attached hydrogens (tertiary/aromatic N) is 1. The van der Waals surface area contributed by atoms with Crippen molar-refractivity contribution >= 4 is 0 Å². The molecule has 1 heterocycles. The van der Waals surface area contributed by atoms with E-state index in [0.29, 0.717) is 0 Å². The molecule has 1 rings (SSSR count). The van der Waals surface area contributed by atoms with Gasteiger partial charge < -0.3 is 0 Å². The second-order valence-electron chi connectivity index (χ2n) is 2.75.